The van der Waals surface area contributed by atoms with Crippen LogP contribution in [-0.2, 0) is 15.6 Å². The summed E-state index contributed by atoms with van der Waals surface area (Å²) in [6.45, 7) is 5.22. The molecule has 0 bridgehead atoms. The van der Waals surface area contributed by atoms with Crippen molar-refractivity contribution in [3.05, 3.63) is 65.7 Å². The predicted molar refractivity (Wildman–Crippen MR) is 105 cm³/mol. The van der Waals surface area contributed by atoms with E-state index in [0.717, 1.165) is 38.3 Å². The Hall–Kier alpha value is -2.22. The van der Waals surface area contributed by atoms with Crippen molar-refractivity contribution in [1.82, 2.24) is 15.5 Å². The first kappa shape index (κ1) is 19.5. The average Bonchev–Trinajstić information content (AvgIpc) is 2.69. The maximum atomic E-state index is 12.7. The molecule has 7 heteroatoms. The Bertz CT molecular complexity index is 863. The molecule has 0 atom stereocenters. The third-order valence-corrected chi connectivity index (χ3v) is 6.26. The number of nitrogens with one attached hydrogen (secondary N) is 2. The summed E-state index contributed by atoms with van der Waals surface area (Å²) in [4.78, 5) is 14.8. The molecule has 6 nitrogen and oxygen atoms in total. The lowest BCUT2D eigenvalue weighted by Gasteiger charge is -2.27. The van der Waals surface area contributed by atoms with Crippen molar-refractivity contribution < 1.29 is 13.2 Å². The minimum absolute atomic E-state index is 0.0814. The Morgan fingerprint density at radius 1 is 1.04 bits per heavy atom. The molecule has 0 radical (unpaired) electrons. The second kappa shape index (κ2) is 9.12. The van der Waals surface area contributed by atoms with Gasteiger partial charge in [0.05, 0.1) is 10.6 Å². The van der Waals surface area contributed by atoms with Gasteiger partial charge in [0.1, 0.15) is 0 Å². The highest BCUT2D eigenvalue weighted by Crippen LogP contribution is 2.17. The number of nitrogens with zero attached hydrogens (tertiary/aromatic N) is 1. The van der Waals surface area contributed by atoms with Gasteiger partial charge in [-0.3, -0.25) is 9.69 Å². The Balaban J connectivity index is 1.61. The van der Waals surface area contributed by atoms with Crippen LogP contribution < -0.4 is 10.6 Å². The topological polar surface area (TPSA) is 78.5 Å². The van der Waals surface area contributed by atoms with Gasteiger partial charge in [-0.25, -0.2) is 8.42 Å². The lowest BCUT2D eigenvalue weighted by Crippen LogP contribution is -2.46. The lowest BCUT2D eigenvalue weighted by atomic mass is 10.2. The van der Waals surface area contributed by atoms with E-state index in [2.05, 4.69) is 15.5 Å². The van der Waals surface area contributed by atoms with Gasteiger partial charge in [0.2, 0.25) is 0 Å². The fourth-order valence-electron chi connectivity index (χ4n) is 3.07. The van der Waals surface area contributed by atoms with E-state index in [9.17, 15) is 13.2 Å². The summed E-state index contributed by atoms with van der Waals surface area (Å²) in [5.41, 5.74) is 1.09. The van der Waals surface area contributed by atoms with Crippen LogP contribution in [0.2, 0.25) is 0 Å². The molecular formula is C20H25N3O3S. The molecule has 3 rings (SSSR count). The minimum Gasteiger partial charge on any atom is -0.351 e. The number of benzene rings is 2. The van der Waals surface area contributed by atoms with Gasteiger partial charge in [0, 0.05) is 44.8 Å². The maximum absolute atomic E-state index is 12.7. The highest BCUT2D eigenvalue weighted by atomic mass is 32.2. The number of carbonyl (C=O) groups excluding carboxylic acids is 1. The van der Waals surface area contributed by atoms with Crippen LogP contribution in [0.5, 0.6) is 0 Å². The third-order valence-electron chi connectivity index (χ3n) is 4.58. The number of sulfone groups is 1. The number of hydrogen-bond acceptors (Lipinski definition) is 5. The van der Waals surface area contributed by atoms with Crippen molar-refractivity contribution in [1.29, 1.82) is 0 Å². The largest absolute Gasteiger partial charge is 0.351 e. The van der Waals surface area contributed by atoms with Gasteiger partial charge in [0.15, 0.2) is 9.84 Å². The Morgan fingerprint density at radius 3 is 2.52 bits per heavy atom. The SMILES string of the molecule is O=C(NCCN1CCNCC1)c1cccc(S(=O)(=O)Cc2ccccc2)c1. The van der Waals surface area contributed by atoms with E-state index in [1.165, 1.54) is 12.1 Å². The summed E-state index contributed by atoms with van der Waals surface area (Å²) in [6.07, 6.45) is 0. The quantitative estimate of drug-likeness (QED) is 0.749. The fraction of sp³-hybridized carbons (Fsp3) is 0.350. The summed E-state index contributed by atoms with van der Waals surface area (Å²) in [7, 11) is -3.50. The molecule has 0 saturated carbocycles. The number of rotatable bonds is 7. The Morgan fingerprint density at radius 2 is 1.78 bits per heavy atom. The fourth-order valence-corrected chi connectivity index (χ4v) is 4.46. The third kappa shape index (κ3) is 5.63. The van der Waals surface area contributed by atoms with E-state index in [1.807, 2.05) is 18.2 Å². The summed E-state index contributed by atoms with van der Waals surface area (Å²) in [6, 6.07) is 15.3. The lowest BCUT2D eigenvalue weighted by molar-refractivity contribution is 0.0947. The van der Waals surface area contributed by atoms with E-state index < -0.39 is 9.84 Å². The summed E-state index contributed by atoms with van der Waals surface area (Å²) in [5, 5.41) is 6.17. The molecule has 1 fully saturated rings. The van der Waals surface area contributed by atoms with E-state index in [-0.39, 0.29) is 16.6 Å². The molecule has 27 heavy (non-hydrogen) atoms. The summed E-state index contributed by atoms with van der Waals surface area (Å²) in [5.74, 6) is -0.330. The van der Waals surface area contributed by atoms with Crippen molar-refractivity contribution in [3.63, 3.8) is 0 Å². The molecule has 2 aromatic carbocycles. The number of piperazine rings is 1. The van der Waals surface area contributed by atoms with Gasteiger partial charge in [-0.2, -0.15) is 0 Å². The van der Waals surface area contributed by atoms with Crippen LogP contribution in [0.4, 0.5) is 0 Å². The first-order valence-corrected chi connectivity index (χ1v) is 10.8. The minimum atomic E-state index is -3.50. The molecule has 0 spiro atoms. The van der Waals surface area contributed by atoms with Gasteiger partial charge in [-0.1, -0.05) is 36.4 Å². The van der Waals surface area contributed by atoms with E-state index in [4.69, 9.17) is 0 Å². The molecule has 2 aromatic rings. The highest BCUT2D eigenvalue weighted by molar-refractivity contribution is 7.90. The van der Waals surface area contributed by atoms with Crippen LogP contribution >= 0.6 is 0 Å². The van der Waals surface area contributed by atoms with E-state index in [1.54, 1.807) is 24.3 Å². The second-order valence-electron chi connectivity index (χ2n) is 6.62. The standard InChI is InChI=1S/C20H25N3O3S/c24-20(22-11-14-23-12-9-21-10-13-23)18-7-4-8-19(15-18)27(25,26)16-17-5-2-1-3-6-17/h1-8,15,21H,9-14,16H2,(H,22,24). The molecule has 144 valence electrons. The van der Waals surface area contributed by atoms with Crippen LogP contribution in [0.3, 0.4) is 0 Å². The Kier molecular flexibility index (Phi) is 6.60. The molecular weight excluding hydrogens is 362 g/mol. The zero-order valence-electron chi connectivity index (χ0n) is 15.2. The van der Waals surface area contributed by atoms with E-state index >= 15 is 0 Å². The predicted octanol–water partition coefficient (Wildman–Crippen LogP) is 1.30. The van der Waals surface area contributed by atoms with Crippen molar-refractivity contribution in [3.8, 4) is 0 Å². The molecule has 1 saturated heterocycles. The zero-order valence-corrected chi connectivity index (χ0v) is 16.0. The molecule has 1 heterocycles. The van der Waals surface area contributed by atoms with Crippen molar-refractivity contribution in [2.24, 2.45) is 0 Å². The molecule has 0 aliphatic carbocycles. The van der Waals surface area contributed by atoms with Crippen LogP contribution in [0.1, 0.15) is 15.9 Å². The summed E-state index contributed by atoms with van der Waals surface area (Å²) >= 11 is 0. The molecule has 0 unspecified atom stereocenters. The van der Waals surface area contributed by atoms with Crippen LogP contribution in [0, 0.1) is 0 Å². The van der Waals surface area contributed by atoms with Gasteiger partial charge in [-0.05, 0) is 23.8 Å². The van der Waals surface area contributed by atoms with Crippen LogP contribution in [0.25, 0.3) is 0 Å². The molecule has 1 amide bonds. The van der Waals surface area contributed by atoms with Gasteiger partial charge < -0.3 is 10.6 Å². The van der Waals surface area contributed by atoms with Gasteiger partial charge in [-0.15, -0.1) is 0 Å². The highest BCUT2D eigenvalue weighted by Gasteiger charge is 2.17. The van der Waals surface area contributed by atoms with E-state index in [0.29, 0.717) is 12.1 Å². The van der Waals surface area contributed by atoms with Crippen LogP contribution in [0.15, 0.2) is 59.5 Å². The maximum Gasteiger partial charge on any atom is 0.251 e. The number of hydrogen-bond donors (Lipinski definition) is 2. The number of amides is 1. The first-order valence-electron chi connectivity index (χ1n) is 9.13. The molecule has 2 N–H and O–H groups in total. The van der Waals surface area contributed by atoms with Gasteiger partial charge in [0.25, 0.3) is 5.91 Å². The van der Waals surface area contributed by atoms with Gasteiger partial charge >= 0.3 is 0 Å². The average molecular weight is 388 g/mol. The van der Waals surface area contributed by atoms with Crippen molar-refractivity contribution in [2.75, 3.05) is 39.3 Å². The molecule has 0 aromatic heterocycles. The monoisotopic (exact) mass is 387 g/mol. The normalized spacial score (nSPS) is 15.4. The smallest absolute Gasteiger partial charge is 0.251 e. The first-order chi connectivity index (χ1) is 13.0. The zero-order chi connectivity index (χ0) is 19.1. The van der Waals surface area contributed by atoms with Crippen molar-refractivity contribution >= 4 is 15.7 Å². The summed E-state index contributed by atoms with van der Waals surface area (Å²) < 4.78 is 25.3. The second-order valence-corrected chi connectivity index (χ2v) is 8.61. The Labute approximate surface area is 160 Å². The number of carbonyl (C=O) groups is 1. The molecule has 1 aliphatic rings. The molecule has 1 aliphatic heterocycles. The van der Waals surface area contributed by atoms with Crippen molar-refractivity contribution in [2.45, 2.75) is 10.6 Å². The van der Waals surface area contributed by atoms with Crippen LogP contribution in [-0.4, -0.2) is 58.5 Å².